The van der Waals surface area contributed by atoms with Gasteiger partial charge in [0.1, 0.15) is 0 Å². The van der Waals surface area contributed by atoms with Gasteiger partial charge in [-0.05, 0) is 24.1 Å². The zero-order chi connectivity index (χ0) is 13.1. The highest BCUT2D eigenvalue weighted by Crippen LogP contribution is 2.16. The Kier molecular flexibility index (Phi) is 4.28. The van der Waals surface area contributed by atoms with Crippen LogP contribution < -0.4 is 0 Å². The van der Waals surface area contributed by atoms with Gasteiger partial charge in [-0.3, -0.25) is 0 Å². The molecule has 5 heteroatoms. The molecule has 1 rings (SSSR count). The van der Waals surface area contributed by atoms with Gasteiger partial charge in [-0.25, -0.2) is 13.2 Å². The Hall–Kier alpha value is -1.36. The highest BCUT2D eigenvalue weighted by Gasteiger charge is 2.18. The molecule has 0 saturated heterocycles. The number of hydrogen-bond donors (Lipinski definition) is 0. The van der Waals surface area contributed by atoms with Crippen LogP contribution in [0.15, 0.2) is 29.2 Å². The number of methoxy groups -OCH3 is 1. The van der Waals surface area contributed by atoms with Gasteiger partial charge < -0.3 is 4.74 Å². The summed E-state index contributed by atoms with van der Waals surface area (Å²) < 4.78 is 28.5. The number of hydrogen-bond acceptors (Lipinski definition) is 4. The summed E-state index contributed by atoms with van der Waals surface area (Å²) in [4.78, 5) is 11.5. The van der Waals surface area contributed by atoms with Crippen LogP contribution in [0.4, 0.5) is 0 Å². The molecular formula is C12H16O4S. The highest BCUT2D eigenvalue weighted by atomic mass is 32.2. The van der Waals surface area contributed by atoms with Crippen LogP contribution in [0.5, 0.6) is 0 Å². The first kappa shape index (κ1) is 13.7. The van der Waals surface area contributed by atoms with Crippen LogP contribution in [-0.2, 0) is 14.6 Å². The van der Waals surface area contributed by atoms with Crippen LogP contribution in [0.25, 0.3) is 0 Å². The first-order valence-corrected chi connectivity index (χ1v) is 6.93. The summed E-state index contributed by atoms with van der Waals surface area (Å²) in [6.07, 6.45) is 0. The van der Waals surface area contributed by atoms with Crippen LogP contribution >= 0.6 is 0 Å². The van der Waals surface area contributed by atoms with Gasteiger partial charge in [0.2, 0.25) is 0 Å². The maximum atomic E-state index is 12.0. The minimum absolute atomic E-state index is 0.0433. The van der Waals surface area contributed by atoms with Crippen LogP contribution in [-0.4, -0.2) is 27.2 Å². The normalized spacial score (nSPS) is 11.5. The van der Waals surface area contributed by atoms with E-state index in [4.69, 9.17) is 0 Å². The highest BCUT2D eigenvalue weighted by molar-refractivity contribution is 7.91. The molecule has 0 heterocycles. The lowest BCUT2D eigenvalue weighted by Gasteiger charge is -2.08. The summed E-state index contributed by atoms with van der Waals surface area (Å²) in [7, 11) is -2.07. The summed E-state index contributed by atoms with van der Waals surface area (Å²) in [5.41, 5.74) is 0.248. The molecule has 94 valence electrons. The largest absolute Gasteiger partial charge is 0.465 e. The number of ether oxygens (including phenoxy) is 1. The maximum Gasteiger partial charge on any atom is 0.337 e. The lowest BCUT2D eigenvalue weighted by molar-refractivity contribution is 0.0600. The minimum atomic E-state index is -3.33. The fourth-order valence-electron chi connectivity index (χ4n) is 1.47. The van der Waals surface area contributed by atoms with Crippen molar-refractivity contribution in [2.45, 2.75) is 18.7 Å². The number of sulfone groups is 1. The molecule has 0 aliphatic rings. The van der Waals surface area contributed by atoms with Gasteiger partial charge in [0, 0.05) is 0 Å². The zero-order valence-corrected chi connectivity index (χ0v) is 11.0. The van der Waals surface area contributed by atoms with E-state index in [2.05, 4.69) is 4.74 Å². The predicted octanol–water partition coefficient (Wildman–Crippen LogP) is 1.90. The second-order valence-corrected chi connectivity index (χ2v) is 6.23. The molecule has 0 bridgehead atoms. The van der Waals surface area contributed by atoms with Crippen LogP contribution in [0, 0.1) is 5.92 Å². The summed E-state index contributed by atoms with van der Waals surface area (Å²) >= 11 is 0. The van der Waals surface area contributed by atoms with Crippen molar-refractivity contribution in [2.24, 2.45) is 5.92 Å². The molecule has 0 aliphatic carbocycles. The molecule has 0 amide bonds. The van der Waals surface area contributed by atoms with E-state index in [1.807, 2.05) is 13.8 Å². The second kappa shape index (κ2) is 5.31. The van der Waals surface area contributed by atoms with Crippen molar-refractivity contribution >= 4 is 15.8 Å². The average molecular weight is 256 g/mol. The van der Waals surface area contributed by atoms with Gasteiger partial charge in [-0.1, -0.05) is 19.9 Å². The Balaban J connectivity index is 3.12. The van der Waals surface area contributed by atoms with Gasteiger partial charge in [-0.15, -0.1) is 0 Å². The van der Waals surface area contributed by atoms with E-state index in [1.165, 1.54) is 25.3 Å². The Bertz CT molecular complexity index is 503. The van der Waals surface area contributed by atoms with Crippen LogP contribution in [0.2, 0.25) is 0 Å². The quantitative estimate of drug-likeness (QED) is 0.772. The first-order chi connectivity index (χ1) is 7.86. The van der Waals surface area contributed by atoms with Crippen molar-refractivity contribution in [1.29, 1.82) is 0 Å². The van der Waals surface area contributed by atoms with E-state index in [0.29, 0.717) is 0 Å². The van der Waals surface area contributed by atoms with Gasteiger partial charge >= 0.3 is 5.97 Å². The Morgan fingerprint density at radius 3 is 2.53 bits per heavy atom. The fourth-order valence-corrected chi connectivity index (χ4v) is 3.13. The smallest absolute Gasteiger partial charge is 0.337 e. The molecule has 17 heavy (non-hydrogen) atoms. The summed E-state index contributed by atoms with van der Waals surface area (Å²) in [5.74, 6) is -0.425. The Morgan fingerprint density at radius 2 is 2.00 bits per heavy atom. The summed E-state index contributed by atoms with van der Waals surface area (Å²) in [5, 5.41) is 0. The molecule has 0 unspecified atom stereocenters. The van der Waals surface area contributed by atoms with Gasteiger partial charge in [-0.2, -0.15) is 0 Å². The molecule has 0 fully saturated rings. The standard InChI is InChI=1S/C12H16O4S/c1-9(2)8-17(14,15)11-6-4-5-10(7-11)12(13)16-3/h4-7,9H,8H2,1-3H3. The Morgan fingerprint density at radius 1 is 1.35 bits per heavy atom. The molecule has 0 aliphatic heterocycles. The second-order valence-electron chi connectivity index (χ2n) is 4.19. The van der Waals surface area contributed by atoms with E-state index in [-0.39, 0.29) is 22.1 Å². The van der Waals surface area contributed by atoms with Crippen molar-refractivity contribution in [3.05, 3.63) is 29.8 Å². The van der Waals surface area contributed by atoms with Crippen molar-refractivity contribution in [1.82, 2.24) is 0 Å². The van der Waals surface area contributed by atoms with Gasteiger partial charge in [0.05, 0.1) is 23.3 Å². The third-order valence-corrected chi connectivity index (χ3v) is 4.24. The molecule has 0 aromatic heterocycles. The summed E-state index contributed by atoms with van der Waals surface area (Å²) in [6.45, 7) is 3.67. The number of esters is 1. The average Bonchev–Trinajstić information content (AvgIpc) is 2.26. The van der Waals surface area contributed by atoms with Crippen LogP contribution in [0.3, 0.4) is 0 Å². The molecule has 0 atom stereocenters. The number of carbonyl (C=O) groups excluding carboxylic acids is 1. The van der Waals surface area contributed by atoms with Gasteiger partial charge in [0.25, 0.3) is 0 Å². The molecule has 0 radical (unpaired) electrons. The lowest BCUT2D eigenvalue weighted by atomic mass is 10.2. The monoisotopic (exact) mass is 256 g/mol. The van der Waals surface area contributed by atoms with E-state index in [0.717, 1.165) is 0 Å². The zero-order valence-electron chi connectivity index (χ0n) is 10.1. The SMILES string of the molecule is COC(=O)c1cccc(S(=O)(=O)CC(C)C)c1. The molecule has 0 spiro atoms. The molecule has 0 N–H and O–H groups in total. The molecular weight excluding hydrogens is 240 g/mol. The molecule has 4 nitrogen and oxygen atoms in total. The molecule has 1 aromatic carbocycles. The van der Waals surface area contributed by atoms with Gasteiger partial charge in [0.15, 0.2) is 9.84 Å². The van der Waals surface area contributed by atoms with E-state index < -0.39 is 15.8 Å². The predicted molar refractivity (Wildman–Crippen MR) is 64.7 cm³/mol. The number of carbonyl (C=O) groups is 1. The molecule has 1 aromatic rings. The third-order valence-electron chi connectivity index (χ3n) is 2.17. The van der Waals surface area contributed by atoms with Crippen LogP contribution in [0.1, 0.15) is 24.2 Å². The topological polar surface area (TPSA) is 60.4 Å². The van der Waals surface area contributed by atoms with E-state index in [1.54, 1.807) is 6.07 Å². The lowest BCUT2D eigenvalue weighted by Crippen LogP contribution is -2.12. The van der Waals surface area contributed by atoms with Crippen molar-refractivity contribution < 1.29 is 17.9 Å². The maximum absolute atomic E-state index is 12.0. The van der Waals surface area contributed by atoms with E-state index in [9.17, 15) is 13.2 Å². The fraction of sp³-hybridized carbons (Fsp3) is 0.417. The molecule has 0 saturated carbocycles. The van der Waals surface area contributed by atoms with E-state index >= 15 is 0 Å². The third kappa shape index (κ3) is 3.56. The Labute approximate surface area is 102 Å². The minimum Gasteiger partial charge on any atom is -0.465 e. The number of rotatable bonds is 4. The van der Waals surface area contributed by atoms with Crippen molar-refractivity contribution in [3.63, 3.8) is 0 Å². The summed E-state index contributed by atoms with van der Waals surface area (Å²) in [6, 6.07) is 5.91. The number of benzene rings is 1. The van der Waals surface area contributed by atoms with Crippen molar-refractivity contribution in [2.75, 3.05) is 12.9 Å². The first-order valence-electron chi connectivity index (χ1n) is 5.28. The van der Waals surface area contributed by atoms with Crippen molar-refractivity contribution in [3.8, 4) is 0 Å².